The van der Waals surface area contributed by atoms with Crippen molar-refractivity contribution in [2.75, 3.05) is 5.32 Å². The van der Waals surface area contributed by atoms with Gasteiger partial charge in [0.2, 0.25) is 0 Å². The van der Waals surface area contributed by atoms with Crippen LogP contribution >= 0.6 is 0 Å². The molecular formula is C18H21N3O2. The minimum atomic E-state index is -0.657. The third-order valence-electron chi connectivity index (χ3n) is 3.48. The van der Waals surface area contributed by atoms with Crippen LogP contribution in [0, 0.1) is 0 Å². The Morgan fingerprint density at radius 3 is 2.48 bits per heavy atom. The Labute approximate surface area is 135 Å². The van der Waals surface area contributed by atoms with Gasteiger partial charge in [0.15, 0.2) is 0 Å². The Morgan fingerprint density at radius 1 is 1.09 bits per heavy atom. The lowest BCUT2D eigenvalue weighted by Crippen LogP contribution is -2.28. The molecule has 0 aliphatic rings. The molecule has 1 atom stereocenters. The number of carbonyl (C=O) groups is 2. The molecule has 0 aromatic heterocycles. The molecule has 0 bridgehead atoms. The van der Waals surface area contributed by atoms with Crippen molar-refractivity contribution in [2.45, 2.75) is 25.8 Å². The van der Waals surface area contributed by atoms with Gasteiger partial charge >= 0.3 is 6.03 Å². The van der Waals surface area contributed by atoms with Crippen LogP contribution in [0.1, 0.15) is 41.7 Å². The van der Waals surface area contributed by atoms with Crippen LogP contribution in [0.15, 0.2) is 54.6 Å². The summed E-state index contributed by atoms with van der Waals surface area (Å²) < 4.78 is 0. The molecule has 0 aliphatic heterocycles. The van der Waals surface area contributed by atoms with Crippen LogP contribution in [0.25, 0.3) is 0 Å². The molecular weight excluding hydrogens is 290 g/mol. The van der Waals surface area contributed by atoms with Gasteiger partial charge in [0.1, 0.15) is 0 Å². The molecule has 2 aromatic rings. The smallest absolute Gasteiger partial charge is 0.316 e. The largest absolute Gasteiger partial charge is 0.351 e. The first-order valence-electron chi connectivity index (χ1n) is 7.62. The molecule has 0 heterocycles. The summed E-state index contributed by atoms with van der Waals surface area (Å²) in [7, 11) is 0. The summed E-state index contributed by atoms with van der Waals surface area (Å²) in [6, 6.07) is 15.9. The summed E-state index contributed by atoms with van der Waals surface area (Å²) in [4.78, 5) is 23.4. The predicted octanol–water partition coefficient (Wildman–Crippen LogP) is 3.45. The number of anilines is 1. The van der Waals surface area contributed by atoms with E-state index in [0.29, 0.717) is 11.3 Å². The Balaban J connectivity index is 2.14. The molecule has 5 heteroatoms. The van der Waals surface area contributed by atoms with Gasteiger partial charge in [0, 0.05) is 11.3 Å². The van der Waals surface area contributed by atoms with Crippen LogP contribution in [0.3, 0.4) is 0 Å². The monoisotopic (exact) mass is 311 g/mol. The quantitative estimate of drug-likeness (QED) is 0.763. The maximum Gasteiger partial charge on any atom is 0.316 e. The predicted molar refractivity (Wildman–Crippen MR) is 91.2 cm³/mol. The lowest BCUT2D eigenvalue weighted by molar-refractivity contribution is 0.0934. The molecule has 2 aromatic carbocycles. The van der Waals surface area contributed by atoms with E-state index in [1.54, 1.807) is 24.3 Å². The molecule has 0 saturated heterocycles. The number of primary amides is 1. The van der Waals surface area contributed by atoms with Crippen LogP contribution in [0.5, 0.6) is 0 Å². The second-order valence-electron chi connectivity index (χ2n) is 5.30. The number of benzene rings is 2. The zero-order valence-corrected chi connectivity index (χ0v) is 13.1. The fourth-order valence-corrected chi connectivity index (χ4v) is 2.42. The summed E-state index contributed by atoms with van der Waals surface area (Å²) in [6.45, 7) is 2.08. The highest BCUT2D eigenvalue weighted by atomic mass is 16.2. The van der Waals surface area contributed by atoms with Crippen LogP contribution in [-0.4, -0.2) is 11.9 Å². The SMILES string of the molecule is CCCC(NC(=O)c1cccc(NC(N)=O)c1)c1ccccc1. The van der Waals surface area contributed by atoms with Gasteiger partial charge in [-0.15, -0.1) is 0 Å². The molecule has 0 aliphatic carbocycles. The Kier molecular flexibility index (Phi) is 5.74. The first-order valence-corrected chi connectivity index (χ1v) is 7.62. The van der Waals surface area contributed by atoms with E-state index in [1.807, 2.05) is 30.3 Å². The minimum Gasteiger partial charge on any atom is -0.351 e. The third kappa shape index (κ3) is 4.85. The fourth-order valence-electron chi connectivity index (χ4n) is 2.42. The average molecular weight is 311 g/mol. The van der Waals surface area contributed by atoms with Crippen molar-refractivity contribution in [1.82, 2.24) is 5.32 Å². The van der Waals surface area contributed by atoms with Gasteiger partial charge in [0.05, 0.1) is 6.04 Å². The minimum absolute atomic E-state index is 0.0403. The number of urea groups is 1. The lowest BCUT2D eigenvalue weighted by Gasteiger charge is -2.19. The van der Waals surface area contributed by atoms with Gasteiger partial charge in [-0.2, -0.15) is 0 Å². The van der Waals surface area contributed by atoms with Gasteiger partial charge in [-0.05, 0) is 30.2 Å². The third-order valence-corrected chi connectivity index (χ3v) is 3.48. The highest BCUT2D eigenvalue weighted by Gasteiger charge is 2.15. The maximum atomic E-state index is 12.5. The molecule has 120 valence electrons. The number of amides is 3. The molecule has 4 N–H and O–H groups in total. The Bertz CT molecular complexity index is 671. The van der Waals surface area contributed by atoms with E-state index in [1.165, 1.54) is 0 Å². The van der Waals surface area contributed by atoms with Gasteiger partial charge in [-0.25, -0.2) is 4.79 Å². The van der Waals surface area contributed by atoms with E-state index in [0.717, 1.165) is 18.4 Å². The second kappa shape index (κ2) is 7.98. The van der Waals surface area contributed by atoms with E-state index in [2.05, 4.69) is 17.6 Å². The highest BCUT2D eigenvalue weighted by molar-refractivity contribution is 5.96. The van der Waals surface area contributed by atoms with Gasteiger partial charge < -0.3 is 16.4 Å². The van der Waals surface area contributed by atoms with Crippen LogP contribution in [0.4, 0.5) is 10.5 Å². The van der Waals surface area contributed by atoms with Crippen molar-refractivity contribution in [3.63, 3.8) is 0 Å². The molecule has 23 heavy (non-hydrogen) atoms. The first kappa shape index (κ1) is 16.5. The van der Waals surface area contributed by atoms with Gasteiger partial charge in [-0.3, -0.25) is 4.79 Å². The highest BCUT2D eigenvalue weighted by Crippen LogP contribution is 2.19. The van der Waals surface area contributed by atoms with Crippen LogP contribution in [0.2, 0.25) is 0 Å². The first-order chi connectivity index (χ1) is 11.1. The topological polar surface area (TPSA) is 84.2 Å². The van der Waals surface area contributed by atoms with Crippen molar-refractivity contribution < 1.29 is 9.59 Å². The molecule has 0 spiro atoms. The number of carbonyl (C=O) groups excluding carboxylic acids is 2. The summed E-state index contributed by atoms with van der Waals surface area (Å²) in [5.41, 5.74) is 7.15. The molecule has 2 rings (SSSR count). The zero-order chi connectivity index (χ0) is 16.7. The lowest BCUT2D eigenvalue weighted by atomic mass is 10.0. The Morgan fingerprint density at radius 2 is 1.83 bits per heavy atom. The molecule has 0 saturated carbocycles. The maximum absolute atomic E-state index is 12.5. The second-order valence-corrected chi connectivity index (χ2v) is 5.30. The molecule has 1 unspecified atom stereocenters. The van der Waals surface area contributed by atoms with Crippen LogP contribution < -0.4 is 16.4 Å². The zero-order valence-electron chi connectivity index (χ0n) is 13.1. The molecule has 0 fully saturated rings. The number of hydrogen-bond acceptors (Lipinski definition) is 2. The number of hydrogen-bond donors (Lipinski definition) is 3. The van der Waals surface area contributed by atoms with Crippen molar-refractivity contribution >= 4 is 17.6 Å². The standard InChI is InChI=1S/C18H21N3O2/c1-2-7-16(13-8-4-3-5-9-13)21-17(22)14-10-6-11-15(12-14)20-18(19)23/h3-6,8-12,16H,2,7H2,1H3,(H,21,22)(H3,19,20,23). The van der Waals surface area contributed by atoms with E-state index < -0.39 is 6.03 Å². The average Bonchev–Trinajstić information content (AvgIpc) is 2.55. The van der Waals surface area contributed by atoms with E-state index in [-0.39, 0.29) is 11.9 Å². The fraction of sp³-hybridized carbons (Fsp3) is 0.222. The number of nitrogens with two attached hydrogens (primary N) is 1. The van der Waals surface area contributed by atoms with Crippen molar-refractivity contribution in [3.05, 3.63) is 65.7 Å². The van der Waals surface area contributed by atoms with Gasteiger partial charge in [0.25, 0.3) is 5.91 Å². The normalized spacial score (nSPS) is 11.5. The molecule has 3 amide bonds. The van der Waals surface area contributed by atoms with Gasteiger partial charge in [-0.1, -0.05) is 49.7 Å². The summed E-state index contributed by atoms with van der Waals surface area (Å²) in [5.74, 6) is -0.180. The van der Waals surface area contributed by atoms with Crippen molar-refractivity contribution in [2.24, 2.45) is 5.73 Å². The molecule has 5 nitrogen and oxygen atoms in total. The van der Waals surface area contributed by atoms with E-state index in [9.17, 15) is 9.59 Å². The summed E-state index contributed by atoms with van der Waals surface area (Å²) >= 11 is 0. The summed E-state index contributed by atoms with van der Waals surface area (Å²) in [5, 5.41) is 5.52. The Hall–Kier alpha value is -2.82. The number of nitrogens with one attached hydrogen (secondary N) is 2. The molecule has 0 radical (unpaired) electrons. The van der Waals surface area contributed by atoms with E-state index in [4.69, 9.17) is 5.73 Å². The summed E-state index contributed by atoms with van der Waals surface area (Å²) in [6.07, 6.45) is 1.82. The van der Waals surface area contributed by atoms with Crippen molar-refractivity contribution in [3.8, 4) is 0 Å². The van der Waals surface area contributed by atoms with Crippen LogP contribution in [-0.2, 0) is 0 Å². The van der Waals surface area contributed by atoms with Crippen molar-refractivity contribution in [1.29, 1.82) is 0 Å². The number of rotatable bonds is 6. The van der Waals surface area contributed by atoms with E-state index >= 15 is 0 Å².